The van der Waals surface area contributed by atoms with Crippen LogP contribution in [0.4, 0.5) is 5.00 Å². The number of methoxy groups -OCH3 is 1. The number of nitrogens with one attached hydrogen (secondary N) is 2. The summed E-state index contributed by atoms with van der Waals surface area (Å²) in [6.45, 7) is 1.55. The van der Waals surface area contributed by atoms with Crippen molar-refractivity contribution in [2.45, 2.75) is 25.8 Å². The van der Waals surface area contributed by atoms with E-state index < -0.39 is 12.0 Å². The van der Waals surface area contributed by atoms with Crippen molar-refractivity contribution in [1.29, 1.82) is 0 Å². The predicted octanol–water partition coefficient (Wildman–Crippen LogP) is 1.39. The Hall–Kier alpha value is -1.89. The zero-order chi connectivity index (χ0) is 14.7. The molecule has 1 aliphatic rings. The summed E-state index contributed by atoms with van der Waals surface area (Å²) in [5, 5.41) is 5.94. The Morgan fingerprint density at radius 3 is 2.65 bits per heavy atom. The van der Waals surface area contributed by atoms with Crippen molar-refractivity contribution < 1.29 is 19.1 Å². The molecule has 6 nitrogen and oxygen atoms in total. The fourth-order valence-corrected chi connectivity index (χ4v) is 2.41. The van der Waals surface area contributed by atoms with E-state index in [2.05, 4.69) is 15.4 Å². The van der Waals surface area contributed by atoms with Gasteiger partial charge in [0.25, 0.3) is 5.91 Å². The zero-order valence-electron chi connectivity index (χ0n) is 11.3. The van der Waals surface area contributed by atoms with Gasteiger partial charge in [-0.1, -0.05) is 0 Å². The molecule has 0 radical (unpaired) electrons. The Kier molecular flexibility index (Phi) is 4.39. The van der Waals surface area contributed by atoms with Crippen molar-refractivity contribution in [1.82, 2.24) is 5.32 Å². The van der Waals surface area contributed by atoms with Gasteiger partial charge in [-0.3, -0.25) is 9.59 Å². The monoisotopic (exact) mass is 296 g/mol. The van der Waals surface area contributed by atoms with Gasteiger partial charge in [-0.15, -0.1) is 11.3 Å². The number of carbonyl (C=O) groups excluding carboxylic acids is 3. The van der Waals surface area contributed by atoms with E-state index in [9.17, 15) is 14.4 Å². The fraction of sp³-hybridized carbons (Fsp3) is 0.462. The molecular weight excluding hydrogens is 280 g/mol. The molecule has 2 N–H and O–H groups in total. The van der Waals surface area contributed by atoms with Crippen molar-refractivity contribution >= 4 is 34.1 Å². The van der Waals surface area contributed by atoms with Crippen LogP contribution in [0.2, 0.25) is 0 Å². The number of carbonyl (C=O) groups is 3. The average molecular weight is 296 g/mol. The number of ether oxygens (including phenoxy) is 1. The number of rotatable bonds is 5. The first-order valence-electron chi connectivity index (χ1n) is 6.30. The lowest BCUT2D eigenvalue weighted by atomic mass is 10.3. The number of anilines is 1. The number of hydrogen-bond donors (Lipinski definition) is 2. The van der Waals surface area contributed by atoms with Gasteiger partial charge in [0, 0.05) is 5.92 Å². The lowest BCUT2D eigenvalue weighted by Gasteiger charge is -2.10. The normalized spacial score (nSPS) is 15.3. The van der Waals surface area contributed by atoms with Crippen LogP contribution in [-0.2, 0) is 14.3 Å². The van der Waals surface area contributed by atoms with E-state index >= 15 is 0 Å². The van der Waals surface area contributed by atoms with Crippen LogP contribution in [0.3, 0.4) is 0 Å². The molecule has 108 valence electrons. The van der Waals surface area contributed by atoms with Crippen LogP contribution in [0.15, 0.2) is 12.1 Å². The minimum atomic E-state index is -0.709. The zero-order valence-corrected chi connectivity index (χ0v) is 12.1. The molecule has 1 aromatic rings. The topological polar surface area (TPSA) is 84.5 Å². The lowest BCUT2D eigenvalue weighted by molar-refractivity contribution is -0.142. The van der Waals surface area contributed by atoms with Crippen LogP contribution in [-0.4, -0.2) is 30.9 Å². The molecule has 1 unspecified atom stereocenters. The van der Waals surface area contributed by atoms with Crippen LogP contribution in [0.5, 0.6) is 0 Å². The van der Waals surface area contributed by atoms with Crippen molar-refractivity contribution in [2.75, 3.05) is 12.4 Å². The van der Waals surface area contributed by atoms with Crippen LogP contribution in [0.25, 0.3) is 0 Å². The third-order valence-electron chi connectivity index (χ3n) is 2.93. The van der Waals surface area contributed by atoms with E-state index in [1.54, 1.807) is 19.1 Å². The van der Waals surface area contributed by atoms with Crippen LogP contribution < -0.4 is 10.6 Å². The van der Waals surface area contributed by atoms with Gasteiger partial charge in [0.2, 0.25) is 5.91 Å². The Morgan fingerprint density at radius 2 is 2.05 bits per heavy atom. The molecule has 0 saturated heterocycles. The number of hydrogen-bond acceptors (Lipinski definition) is 5. The summed E-state index contributed by atoms with van der Waals surface area (Å²) in [6.07, 6.45) is 1.86. The largest absolute Gasteiger partial charge is 0.467 e. The standard InChI is InChI=1S/C13H16N2O4S/c1-7(13(18)19-2)14-12(17)9-5-6-10(20-9)15-11(16)8-3-4-8/h5-8H,3-4H2,1-2H3,(H,14,17)(H,15,16). The Balaban J connectivity index is 1.92. The Morgan fingerprint density at radius 1 is 1.35 bits per heavy atom. The van der Waals surface area contributed by atoms with Crippen molar-refractivity contribution in [3.05, 3.63) is 17.0 Å². The minimum Gasteiger partial charge on any atom is -0.467 e. The van der Waals surface area contributed by atoms with Gasteiger partial charge < -0.3 is 15.4 Å². The number of thiophene rings is 1. The molecule has 1 atom stereocenters. The first-order valence-corrected chi connectivity index (χ1v) is 7.12. The maximum absolute atomic E-state index is 11.9. The van der Waals surface area contributed by atoms with Gasteiger partial charge in [-0.25, -0.2) is 4.79 Å². The van der Waals surface area contributed by atoms with Gasteiger partial charge in [-0.2, -0.15) is 0 Å². The van der Waals surface area contributed by atoms with E-state index in [1.165, 1.54) is 18.4 Å². The minimum absolute atomic E-state index is 0.00161. The van der Waals surface area contributed by atoms with Gasteiger partial charge >= 0.3 is 5.97 Å². The summed E-state index contributed by atoms with van der Waals surface area (Å²) < 4.78 is 4.53. The second-order valence-electron chi connectivity index (χ2n) is 4.65. The van der Waals surface area contributed by atoms with E-state index in [-0.39, 0.29) is 17.7 Å². The Bertz CT molecular complexity index is 536. The SMILES string of the molecule is COC(=O)C(C)NC(=O)c1ccc(NC(=O)C2CC2)s1. The third kappa shape index (κ3) is 3.57. The summed E-state index contributed by atoms with van der Waals surface area (Å²) in [6, 6.07) is 2.59. The summed E-state index contributed by atoms with van der Waals surface area (Å²) >= 11 is 1.18. The molecule has 0 aliphatic heterocycles. The van der Waals surface area contributed by atoms with Crippen LogP contribution in [0.1, 0.15) is 29.4 Å². The van der Waals surface area contributed by atoms with E-state index in [4.69, 9.17) is 0 Å². The molecule has 2 amide bonds. The fourth-order valence-electron chi connectivity index (χ4n) is 1.60. The maximum atomic E-state index is 11.9. The number of amides is 2. The van der Waals surface area contributed by atoms with Crippen LogP contribution in [0, 0.1) is 5.92 Å². The van der Waals surface area contributed by atoms with Gasteiger partial charge in [0.15, 0.2) is 0 Å². The van der Waals surface area contributed by atoms with Crippen LogP contribution >= 0.6 is 11.3 Å². The molecule has 7 heteroatoms. The molecule has 0 aromatic carbocycles. The van der Waals surface area contributed by atoms with Crippen molar-refractivity contribution in [2.24, 2.45) is 5.92 Å². The Labute approximate surface area is 120 Å². The van der Waals surface area contributed by atoms with Gasteiger partial charge in [0.1, 0.15) is 6.04 Å². The summed E-state index contributed by atoms with van der Waals surface area (Å²) in [7, 11) is 1.27. The molecule has 20 heavy (non-hydrogen) atoms. The smallest absolute Gasteiger partial charge is 0.328 e. The highest BCUT2D eigenvalue weighted by Crippen LogP contribution is 2.31. The quantitative estimate of drug-likeness (QED) is 0.804. The second kappa shape index (κ2) is 6.04. The van der Waals surface area contributed by atoms with E-state index in [0.717, 1.165) is 12.8 Å². The maximum Gasteiger partial charge on any atom is 0.328 e. The molecule has 1 heterocycles. The second-order valence-corrected chi connectivity index (χ2v) is 5.73. The summed E-state index contributed by atoms with van der Waals surface area (Å²) in [4.78, 5) is 35.2. The average Bonchev–Trinajstić information content (AvgIpc) is 3.18. The van der Waals surface area contributed by atoms with E-state index in [1.807, 2.05) is 0 Å². The highest BCUT2D eigenvalue weighted by atomic mass is 32.1. The first kappa shape index (κ1) is 14.5. The molecule has 1 fully saturated rings. The molecular formula is C13H16N2O4S. The van der Waals surface area contributed by atoms with Crippen molar-refractivity contribution in [3.63, 3.8) is 0 Å². The lowest BCUT2D eigenvalue weighted by Crippen LogP contribution is -2.38. The summed E-state index contributed by atoms with van der Waals surface area (Å²) in [5.74, 6) is -0.743. The molecule has 1 aromatic heterocycles. The van der Waals surface area contributed by atoms with Crippen molar-refractivity contribution in [3.8, 4) is 0 Å². The third-order valence-corrected chi connectivity index (χ3v) is 3.93. The van der Waals surface area contributed by atoms with E-state index in [0.29, 0.717) is 9.88 Å². The summed E-state index contributed by atoms with van der Waals surface area (Å²) in [5.41, 5.74) is 0. The highest BCUT2D eigenvalue weighted by Gasteiger charge is 2.30. The highest BCUT2D eigenvalue weighted by molar-refractivity contribution is 7.18. The number of esters is 1. The first-order chi connectivity index (χ1) is 9.51. The van der Waals surface area contributed by atoms with Gasteiger partial charge in [0.05, 0.1) is 17.0 Å². The molecule has 0 bridgehead atoms. The molecule has 0 spiro atoms. The predicted molar refractivity (Wildman–Crippen MR) is 74.6 cm³/mol. The molecule has 2 rings (SSSR count). The van der Waals surface area contributed by atoms with Gasteiger partial charge in [-0.05, 0) is 31.9 Å². The molecule has 1 saturated carbocycles. The molecule has 1 aliphatic carbocycles.